The van der Waals surface area contributed by atoms with Crippen LogP contribution in [0.25, 0.3) is 0 Å². The largest absolute Gasteiger partial charge is 0.375 e. The Morgan fingerprint density at radius 3 is 2.25 bits per heavy atom. The van der Waals surface area contributed by atoms with Crippen molar-refractivity contribution in [2.45, 2.75) is 25.9 Å². The summed E-state index contributed by atoms with van der Waals surface area (Å²) in [5.74, 6) is 0.703. The molecule has 1 aromatic carbocycles. The van der Waals surface area contributed by atoms with Crippen LogP contribution < -0.4 is 0 Å². The fourth-order valence-corrected chi connectivity index (χ4v) is 2.11. The Bertz CT molecular complexity index is 331. The molecule has 0 amide bonds. The minimum absolute atomic E-state index is 0.184. The molecule has 1 saturated heterocycles. The van der Waals surface area contributed by atoms with Crippen molar-refractivity contribution >= 4 is 0 Å². The van der Waals surface area contributed by atoms with Gasteiger partial charge in [-0.15, -0.1) is 0 Å². The van der Waals surface area contributed by atoms with E-state index in [1.165, 1.54) is 11.1 Å². The van der Waals surface area contributed by atoms with E-state index in [-0.39, 0.29) is 5.60 Å². The first-order valence-electron chi connectivity index (χ1n) is 5.88. The van der Waals surface area contributed by atoms with E-state index in [4.69, 9.17) is 9.47 Å². The van der Waals surface area contributed by atoms with Crippen LogP contribution in [0.5, 0.6) is 0 Å². The minimum Gasteiger partial charge on any atom is -0.375 e. The number of methoxy groups -OCH3 is 1. The molecular weight excluding hydrogens is 200 g/mol. The van der Waals surface area contributed by atoms with Gasteiger partial charge >= 0.3 is 0 Å². The normalized spacial score (nSPS) is 18.5. The van der Waals surface area contributed by atoms with E-state index in [1.807, 2.05) is 0 Å². The highest BCUT2D eigenvalue weighted by atomic mass is 16.6. The molecule has 2 rings (SSSR count). The molecule has 0 bridgehead atoms. The summed E-state index contributed by atoms with van der Waals surface area (Å²) in [6.45, 7) is 5.83. The molecule has 1 aliphatic heterocycles. The van der Waals surface area contributed by atoms with Crippen molar-refractivity contribution in [3.63, 3.8) is 0 Å². The summed E-state index contributed by atoms with van der Waals surface area (Å²) in [5, 5.41) is 0. The maximum absolute atomic E-state index is 5.56. The Morgan fingerprint density at radius 2 is 1.88 bits per heavy atom. The molecule has 0 radical (unpaired) electrons. The maximum atomic E-state index is 5.56. The molecule has 0 spiro atoms. The van der Waals surface area contributed by atoms with Crippen molar-refractivity contribution in [1.82, 2.24) is 0 Å². The van der Waals surface area contributed by atoms with Crippen molar-refractivity contribution in [3.05, 3.63) is 35.4 Å². The maximum Gasteiger partial charge on any atom is 0.139 e. The summed E-state index contributed by atoms with van der Waals surface area (Å²) in [4.78, 5) is 0. The summed E-state index contributed by atoms with van der Waals surface area (Å²) in [5.41, 5.74) is 2.44. The van der Waals surface area contributed by atoms with Crippen LogP contribution in [-0.2, 0) is 21.5 Å². The Kier molecular flexibility index (Phi) is 3.31. The second-order valence-corrected chi connectivity index (χ2v) is 4.99. The summed E-state index contributed by atoms with van der Waals surface area (Å²) >= 11 is 0. The average Bonchev–Trinajstić information content (AvgIpc) is 2.19. The molecule has 1 aromatic rings. The third kappa shape index (κ3) is 2.13. The van der Waals surface area contributed by atoms with Crippen LogP contribution in [0.2, 0.25) is 0 Å². The van der Waals surface area contributed by atoms with Crippen molar-refractivity contribution < 1.29 is 9.47 Å². The summed E-state index contributed by atoms with van der Waals surface area (Å²) in [7, 11) is 1.75. The summed E-state index contributed by atoms with van der Waals surface area (Å²) < 4.78 is 10.8. The quantitative estimate of drug-likeness (QED) is 0.776. The lowest BCUT2D eigenvalue weighted by Crippen LogP contribution is -2.48. The van der Waals surface area contributed by atoms with Crippen molar-refractivity contribution in [2.75, 3.05) is 20.3 Å². The van der Waals surface area contributed by atoms with E-state index in [0.29, 0.717) is 19.1 Å². The molecule has 1 aliphatic rings. The third-order valence-electron chi connectivity index (χ3n) is 3.19. The van der Waals surface area contributed by atoms with E-state index in [0.717, 1.165) is 6.42 Å². The van der Waals surface area contributed by atoms with Crippen molar-refractivity contribution in [1.29, 1.82) is 0 Å². The number of benzene rings is 1. The molecule has 0 aromatic heterocycles. The van der Waals surface area contributed by atoms with Crippen LogP contribution >= 0.6 is 0 Å². The Balaban J connectivity index is 2.12. The van der Waals surface area contributed by atoms with Crippen molar-refractivity contribution in [3.8, 4) is 0 Å². The van der Waals surface area contributed by atoms with Gasteiger partial charge in [0.05, 0.1) is 13.2 Å². The van der Waals surface area contributed by atoms with E-state index >= 15 is 0 Å². The molecule has 16 heavy (non-hydrogen) atoms. The molecule has 0 N–H and O–H groups in total. The predicted molar refractivity (Wildman–Crippen MR) is 64.5 cm³/mol. The monoisotopic (exact) mass is 220 g/mol. The van der Waals surface area contributed by atoms with Crippen molar-refractivity contribution in [2.24, 2.45) is 5.92 Å². The van der Waals surface area contributed by atoms with Gasteiger partial charge in [-0.3, -0.25) is 0 Å². The smallest absolute Gasteiger partial charge is 0.139 e. The molecule has 0 aliphatic carbocycles. The zero-order chi connectivity index (χ0) is 11.6. The van der Waals surface area contributed by atoms with Gasteiger partial charge in [-0.2, -0.15) is 0 Å². The highest BCUT2D eigenvalue weighted by Crippen LogP contribution is 2.33. The first kappa shape index (κ1) is 11.6. The van der Waals surface area contributed by atoms with Crippen LogP contribution in [0.3, 0.4) is 0 Å². The van der Waals surface area contributed by atoms with Gasteiger partial charge in [0.1, 0.15) is 5.60 Å². The molecule has 0 saturated carbocycles. The topological polar surface area (TPSA) is 18.5 Å². The second-order valence-electron chi connectivity index (χ2n) is 4.99. The lowest BCUT2D eigenvalue weighted by Gasteiger charge is -2.40. The van der Waals surface area contributed by atoms with Crippen LogP contribution in [-0.4, -0.2) is 20.3 Å². The van der Waals surface area contributed by atoms with Crippen LogP contribution in [0.1, 0.15) is 25.0 Å². The highest BCUT2D eigenvalue weighted by molar-refractivity contribution is 5.29. The van der Waals surface area contributed by atoms with Gasteiger partial charge < -0.3 is 9.47 Å². The summed E-state index contributed by atoms with van der Waals surface area (Å²) in [6.07, 6.45) is 1.14. The second kappa shape index (κ2) is 4.56. The molecule has 88 valence electrons. The molecule has 2 heteroatoms. The predicted octanol–water partition coefficient (Wildman–Crippen LogP) is 2.76. The molecule has 1 heterocycles. The zero-order valence-electron chi connectivity index (χ0n) is 10.3. The fraction of sp³-hybridized carbons (Fsp3) is 0.571. The van der Waals surface area contributed by atoms with Gasteiger partial charge in [0.2, 0.25) is 0 Å². The lowest BCUT2D eigenvalue weighted by atomic mass is 9.90. The average molecular weight is 220 g/mol. The highest BCUT2D eigenvalue weighted by Gasteiger charge is 2.40. The van der Waals surface area contributed by atoms with E-state index < -0.39 is 0 Å². The minimum atomic E-state index is -0.184. The van der Waals surface area contributed by atoms with Gasteiger partial charge in [0.25, 0.3) is 0 Å². The SMILES string of the molecule is COC1(c2ccc(CC(C)C)cc2)COC1. The third-order valence-corrected chi connectivity index (χ3v) is 3.19. The number of hydrogen-bond donors (Lipinski definition) is 0. The number of ether oxygens (including phenoxy) is 2. The van der Waals surface area contributed by atoms with Gasteiger partial charge in [-0.1, -0.05) is 38.1 Å². The molecule has 0 atom stereocenters. The molecular formula is C14H20O2. The Morgan fingerprint density at radius 1 is 1.25 bits per heavy atom. The lowest BCUT2D eigenvalue weighted by molar-refractivity contribution is -0.202. The first-order valence-corrected chi connectivity index (χ1v) is 5.88. The standard InChI is InChI=1S/C14H20O2/c1-11(2)8-12-4-6-13(7-5-12)14(15-3)9-16-10-14/h4-7,11H,8-10H2,1-3H3. The van der Waals surface area contributed by atoms with Crippen LogP contribution in [0.15, 0.2) is 24.3 Å². The van der Waals surface area contributed by atoms with Gasteiger partial charge in [-0.25, -0.2) is 0 Å². The van der Waals surface area contributed by atoms with E-state index in [9.17, 15) is 0 Å². The van der Waals surface area contributed by atoms with Crippen LogP contribution in [0.4, 0.5) is 0 Å². The zero-order valence-corrected chi connectivity index (χ0v) is 10.3. The fourth-order valence-electron chi connectivity index (χ4n) is 2.11. The van der Waals surface area contributed by atoms with Gasteiger partial charge in [-0.05, 0) is 23.5 Å². The Hall–Kier alpha value is -0.860. The van der Waals surface area contributed by atoms with E-state index in [1.54, 1.807) is 7.11 Å². The van der Waals surface area contributed by atoms with Gasteiger partial charge in [0.15, 0.2) is 0 Å². The van der Waals surface area contributed by atoms with Crippen LogP contribution in [0, 0.1) is 5.92 Å². The van der Waals surface area contributed by atoms with E-state index in [2.05, 4.69) is 38.1 Å². The number of hydrogen-bond acceptors (Lipinski definition) is 2. The Labute approximate surface area is 97.6 Å². The molecule has 2 nitrogen and oxygen atoms in total. The van der Waals surface area contributed by atoms with Gasteiger partial charge in [0, 0.05) is 7.11 Å². The molecule has 1 fully saturated rings. The first-order chi connectivity index (χ1) is 7.66. The number of rotatable bonds is 4. The molecule has 0 unspecified atom stereocenters. The summed E-state index contributed by atoms with van der Waals surface area (Å²) in [6, 6.07) is 8.75.